The van der Waals surface area contributed by atoms with Gasteiger partial charge >= 0.3 is 0 Å². The molecule has 5 heteroatoms. The van der Waals surface area contributed by atoms with Crippen LogP contribution in [0.1, 0.15) is 38.2 Å². The fraction of sp³-hybridized carbons (Fsp3) is 0.600. The third-order valence-corrected chi connectivity index (χ3v) is 4.79. The van der Waals surface area contributed by atoms with Crippen LogP contribution in [0.3, 0.4) is 0 Å². The Morgan fingerprint density at radius 1 is 1.20 bits per heavy atom. The molecular weight excluding hydrogens is 312 g/mol. The van der Waals surface area contributed by atoms with Gasteiger partial charge in [0.25, 0.3) is 0 Å². The quantitative estimate of drug-likeness (QED) is 0.454. The number of unbranched alkanes of at least 4 members (excludes halogenated alkanes) is 1. The fourth-order valence-corrected chi connectivity index (χ4v) is 3.21. The first-order valence-electron chi connectivity index (χ1n) is 9.49. The Bertz CT molecular complexity index is 536. The Hall–Kier alpha value is -2.04. The van der Waals surface area contributed by atoms with Crippen molar-refractivity contribution in [1.82, 2.24) is 15.5 Å². The summed E-state index contributed by atoms with van der Waals surface area (Å²) in [4.78, 5) is 18.5. The van der Waals surface area contributed by atoms with Crippen LogP contribution in [0.4, 0.5) is 0 Å². The second kappa shape index (κ2) is 10.7. The Morgan fingerprint density at radius 3 is 2.56 bits per heavy atom. The summed E-state index contributed by atoms with van der Waals surface area (Å²) in [5, 5.41) is 6.36. The molecule has 1 aromatic carbocycles. The predicted octanol–water partition coefficient (Wildman–Crippen LogP) is 2.43. The number of hydrogen-bond donors (Lipinski definition) is 2. The maximum absolute atomic E-state index is 12.4. The number of carbonyl (C=O) groups excluding carboxylic acids is 1. The van der Waals surface area contributed by atoms with Crippen molar-refractivity contribution in [2.24, 2.45) is 10.9 Å². The van der Waals surface area contributed by atoms with E-state index in [-0.39, 0.29) is 5.91 Å². The van der Waals surface area contributed by atoms with Crippen molar-refractivity contribution in [3.05, 3.63) is 35.9 Å². The van der Waals surface area contributed by atoms with Crippen molar-refractivity contribution in [3.8, 4) is 0 Å². The van der Waals surface area contributed by atoms with Crippen molar-refractivity contribution < 1.29 is 4.79 Å². The Labute approximate surface area is 151 Å². The van der Waals surface area contributed by atoms with Gasteiger partial charge in [0.05, 0.1) is 6.54 Å². The van der Waals surface area contributed by atoms with Gasteiger partial charge in [-0.2, -0.15) is 0 Å². The Morgan fingerprint density at radius 2 is 1.92 bits per heavy atom. The minimum atomic E-state index is 0.164. The van der Waals surface area contributed by atoms with E-state index in [9.17, 15) is 4.79 Å². The minimum absolute atomic E-state index is 0.164. The molecular formula is C20H32N4O. The van der Waals surface area contributed by atoms with Crippen LogP contribution in [-0.2, 0) is 11.2 Å². The van der Waals surface area contributed by atoms with Gasteiger partial charge in [-0.3, -0.25) is 9.79 Å². The van der Waals surface area contributed by atoms with Gasteiger partial charge in [-0.05, 0) is 37.2 Å². The van der Waals surface area contributed by atoms with Crippen LogP contribution in [0.15, 0.2) is 35.3 Å². The van der Waals surface area contributed by atoms with E-state index in [1.54, 1.807) is 7.05 Å². The van der Waals surface area contributed by atoms with E-state index in [1.807, 2.05) is 4.90 Å². The number of rotatable bonds is 7. The summed E-state index contributed by atoms with van der Waals surface area (Å²) in [5.41, 5.74) is 1.40. The van der Waals surface area contributed by atoms with E-state index >= 15 is 0 Å². The molecule has 25 heavy (non-hydrogen) atoms. The summed E-state index contributed by atoms with van der Waals surface area (Å²) in [6.45, 7) is 5.08. The van der Waals surface area contributed by atoms with E-state index in [1.165, 1.54) is 5.56 Å². The molecule has 1 amide bonds. The van der Waals surface area contributed by atoms with Crippen LogP contribution in [0.25, 0.3) is 0 Å². The minimum Gasteiger partial charge on any atom is -0.356 e. The largest absolute Gasteiger partial charge is 0.356 e. The molecule has 1 aromatic rings. The Kier molecular flexibility index (Phi) is 8.29. The molecule has 2 N–H and O–H groups in total. The van der Waals surface area contributed by atoms with Gasteiger partial charge < -0.3 is 15.5 Å². The lowest BCUT2D eigenvalue weighted by Gasteiger charge is -2.32. The summed E-state index contributed by atoms with van der Waals surface area (Å²) in [6.07, 6.45) is 5.54. The summed E-state index contributed by atoms with van der Waals surface area (Å²) in [5.74, 6) is 1.56. The molecule has 2 rings (SSSR count). The first-order valence-corrected chi connectivity index (χ1v) is 9.49. The summed E-state index contributed by atoms with van der Waals surface area (Å²) in [6, 6.07) is 10.6. The molecule has 0 radical (unpaired) electrons. The molecule has 138 valence electrons. The molecule has 1 saturated heterocycles. The molecule has 5 nitrogen and oxygen atoms in total. The summed E-state index contributed by atoms with van der Waals surface area (Å²) >= 11 is 0. The molecule has 1 aliphatic rings. The molecule has 0 unspecified atom stereocenters. The van der Waals surface area contributed by atoms with Crippen molar-refractivity contribution >= 4 is 11.9 Å². The molecule has 0 aromatic heterocycles. The van der Waals surface area contributed by atoms with Crippen molar-refractivity contribution in [1.29, 1.82) is 0 Å². The molecule has 0 atom stereocenters. The second-order valence-electron chi connectivity index (χ2n) is 6.72. The molecule has 1 aliphatic heterocycles. The SMILES string of the molecule is CCCCNC(=NC)NCC(=O)N1CCC(Cc2ccccc2)CC1. The molecule has 0 saturated carbocycles. The lowest BCUT2D eigenvalue weighted by atomic mass is 9.90. The zero-order valence-corrected chi connectivity index (χ0v) is 15.6. The average Bonchev–Trinajstić information content (AvgIpc) is 2.66. The fourth-order valence-electron chi connectivity index (χ4n) is 3.21. The number of aliphatic imine (C=N–C) groups is 1. The van der Waals surface area contributed by atoms with E-state index < -0.39 is 0 Å². The average molecular weight is 345 g/mol. The van der Waals surface area contributed by atoms with E-state index in [0.717, 1.165) is 51.7 Å². The van der Waals surface area contributed by atoms with Crippen molar-refractivity contribution in [3.63, 3.8) is 0 Å². The number of guanidine groups is 1. The van der Waals surface area contributed by atoms with Crippen LogP contribution in [0, 0.1) is 5.92 Å². The smallest absolute Gasteiger partial charge is 0.241 e. The van der Waals surface area contributed by atoms with Crippen LogP contribution in [0.5, 0.6) is 0 Å². The number of benzene rings is 1. The van der Waals surface area contributed by atoms with Gasteiger partial charge in [0.15, 0.2) is 5.96 Å². The van der Waals surface area contributed by atoms with Gasteiger partial charge in [-0.1, -0.05) is 43.7 Å². The number of carbonyl (C=O) groups is 1. The van der Waals surface area contributed by atoms with E-state index in [2.05, 4.69) is 52.9 Å². The molecule has 0 spiro atoms. The maximum atomic E-state index is 12.4. The van der Waals surface area contributed by atoms with Crippen LogP contribution in [0.2, 0.25) is 0 Å². The van der Waals surface area contributed by atoms with E-state index in [4.69, 9.17) is 0 Å². The van der Waals surface area contributed by atoms with Crippen LogP contribution >= 0.6 is 0 Å². The molecule has 1 fully saturated rings. The topological polar surface area (TPSA) is 56.7 Å². The number of amides is 1. The number of likely N-dealkylation sites (tertiary alicyclic amines) is 1. The second-order valence-corrected chi connectivity index (χ2v) is 6.72. The first kappa shape index (κ1) is 19.3. The number of nitrogens with one attached hydrogen (secondary N) is 2. The van der Waals surface area contributed by atoms with Gasteiger partial charge in [-0.25, -0.2) is 0 Å². The third-order valence-electron chi connectivity index (χ3n) is 4.79. The van der Waals surface area contributed by atoms with Gasteiger partial charge in [0.2, 0.25) is 5.91 Å². The number of piperidine rings is 1. The third kappa shape index (κ3) is 6.77. The van der Waals surface area contributed by atoms with Gasteiger partial charge in [-0.15, -0.1) is 0 Å². The zero-order chi connectivity index (χ0) is 17.9. The highest BCUT2D eigenvalue weighted by Gasteiger charge is 2.22. The lowest BCUT2D eigenvalue weighted by molar-refractivity contribution is -0.131. The van der Waals surface area contributed by atoms with Crippen molar-refractivity contribution in [2.45, 2.75) is 39.0 Å². The standard InChI is InChI=1S/C20H32N4O/c1-3-4-12-22-20(21-2)23-16-19(25)24-13-10-18(11-14-24)15-17-8-6-5-7-9-17/h5-9,18H,3-4,10-16H2,1-2H3,(H2,21,22,23). The Balaban J connectivity index is 1.68. The predicted molar refractivity (Wildman–Crippen MR) is 104 cm³/mol. The summed E-state index contributed by atoms with van der Waals surface area (Å²) < 4.78 is 0. The number of hydrogen-bond acceptors (Lipinski definition) is 2. The molecule has 1 heterocycles. The molecule has 0 aliphatic carbocycles. The van der Waals surface area contributed by atoms with Crippen LogP contribution in [-0.4, -0.2) is 50.0 Å². The first-order chi connectivity index (χ1) is 12.2. The normalized spacial score (nSPS) is 15.9. The van der Waals surface area contributed by atoms with Gasteiger partial charge in [0, 0.05) is 26.7 Å². The van der Waals surface area contributed by atoms with Crippen LogP contribution < -0.4 is 10.6 Å². The van der Waals surface area contributed by atoms with E-state index in [0.29, 0.717) is 18.4 Å². The number of nitrogens with zero attached hydrogens (tertiary/aromatic N) is 2. The molecule has 0 bridgehead atoms. The lowest BCUT2D eigenvalue weighted by Crippen LogP contribution is -2.47. The highest BCUT2D eigenvalue weighted by atomic mass is 16.2. The highest BCUT2D eigenvalue weighted by Crippen LogP contribution is 2.21. The monoisotopic (exact) mass is 344 g/mol. The highest BCUT2D eigenvalue weighted by molar-refractivity contribution is 5.86. The van der Waals surface area contributed by atoms with Crippen molar-refractivity contribution in [2.75, 3.05) is 33.2 Å². The van der Waals surface area contributed by atoms with Gasteiger partial charge in [0.1, 0.15) is 0 Å². The maximum Gasteiger partial charge on any atom is 0.241 e. The zero-order valence-electron chi connectivity index (χ0n) is 15.6. The summed E-state index contributed by atoms with van der Waals surface area (Å²) in [7, 11) is 1.74.